The van der Waals surface area contributed by atoms with Gasteiger partial charge in [0.25, 0.3) is 0 Å². The number of carbonyl (C=O) groups excluding carboxylic acids is 1. The first kappa shape index (κ1) is 22.3. The van der Waals surface area contributed by atoms with Gasteiger partial charge in [0.2, 0.25) is 5.95 Å². The van der Waals surface area contributed by atoms with Crippen LogP contribution in [0, 0.1) is 3.70 Å². The Labute approximate surface area is 191 Å². The highest BCUT2D eigenvalue weighted by Gasteiger charge is 2.20. The van der Waals surface area contributed by atoms with Crippen molar-refractivity contribution in [2.24, 2.45) is 0 Å². The molecule has 2 N–H and O–H groups in total. The molecule has 0 spiro atoms. The summed E-state index contributed by atoms with van der Waals surface area (Å²) in [5.74, 6) is 1.31. The number of fused-ring (bicyclic) bond motifs is 1. The maximum Gasteiger partial charge on any atom is 0.413 e. The van der Waals surface area contributed by atoms with E-state index in [1.54, 1.807) is 24.1 Å². The Morgan fingerprint density at radius 1 is 1.33 bits per heavy atom. The van der Waals surface area contributed by atoms with Crippen LogP contribution in [0.1, 0.15) is 25.3 Å². The molecule has 0 unspecified atom stereocenters. The summed E-state index contributed by atoms with van der Waals surface area (Å²) in [7, 11) is 2.86. The van der Waals surface area contributed by atoms with Gasteiger partial charge in [-0.25, -0.2) is 14.8 Å². The van der Waals surface area contributed by atoms with Crippen LogP contribution >= 0.6 is 34.2 Å². The summed E-state index contributed by atoms with van der Waals surface area (Å²) in [6.45, 7) is 3.20. The number of rotatable bonds is 8. The lowest BCUT2D eigenvalue weighted by atomic mass is 10.2. The number of ether oxygens (including phenoxy) is 2. The summed E-state index contributed by atoms with van der Waals surface area (Å²) in [4.78, 5) is 24.7. The topological polar surface area (TPSA) is 116 Å². The van der Waals surface area contributed by atoms with Crippen LogP contribution in [0.2, 0.25) is 5.15 Å². The number of halogens is 2. The van der Waals surface area contributed by atoms with E-state index >= 15 is 0 Å². The molecule has 12 heteroatoms. The van der Waals surface area contributed by atoms with E-state index in [2.05, 4.69) is 64.9 Å². The van der Waals surface area contributed by atoms with E-state index in [0.29, 0.717) is 44.5 Å². The summed E-state index contributed by atoms with van der Waals surface area (Å²) in [5, 5.41) is 10.8. The second-order valence-corrected chi connectivity index (χ2v) is 7.67. The van der Waals surface area contributed by atoms with Gasteiger partial charge >= 0.3 is 6.09 Å². The molecule has 0 aliphatic heterocycles. The number of anilines is 2. The van der Waals surface area contributed by atoms with Gasteiger partial charge in [-0.1, -0.05) is 24.9 Å². The third-order valence-corrected chi connectivity index (χ3v) is 5.15. The van der Waals surface area contributed by atoms with Crippen molar-refractivity contribution in [3.8, 4) is 5.75 Å². The number of methoxy groups -OCH3 is 2. The van der Waals surface area contributed by atoms with Gasteiger partial charge in [-0.2, -0.15) is 10.1 Å². The largest absolute Gasteiger partial charge is 0.496 e. The zero-order valence-electron chi connectivity index (χ0n) is 16.7. The predicted octanol–water partition coefficient (Wildman–Crippen LogP) is 3.93. The van der Waals surface area contributed by atoms with Crippen molar-refractivity contribution in [1.82, 2.24) is 24.7 Å². The van der Waals surface area contributed by atoms with Crippen molar-refractivity contribution < 1.29 is 14.3 Å². The minimum atomic E-state index is -0.645. The van der Waals surface area contributed by atoms with E-state index in [1.807, 2.05) is 0 Å². The molecule has 30 heavy (non-hydrogen) atoms. The van der Waals surface area contributed by atoms with E-state index in [4.69, 9.17) is 16.3 Å². The SMILES string of the molecule is CCCCNc1nc(NC(=O)OC)nc2c(I)nn(Cc3cnc(Cl)cc3OC)c12. The van der Waals surface area contributed by atoms with Crippen LogP contribution in [0.3, 0.4) is 0 Å². The second-order valence-electron chi connectivity index (χ2n) is 6.26. The standard InChI is InChI=1S/C18H21ClIN7O3/c1-4-5-6-21-16-14-13(23-17(24-16)25-18(28)30-3)15(20)26-27(14)9-10-8-22-12(19)7-11(10)29-2/h7-8H,4-6,9H2,1-3H3,(H2,21,23,24,25,28). The van der Waals surface area contributed by atoms with Gasteiger partial charge in [-0.05, 0) is 29.0 Å². The first-order valence-corrected chi connectivity index (χ1v) is 10.6. The molecule has 0 fully saturated rings. The van der Waals surface area contributed by atoms with Crippen molar-refractivity contribution in [2.75, 3.05) is 31.4 Å². The number of hydrogen-bond acceptors (Lipinski definition) is 8. The lowest BCUT2D eigenvalue weighted by Crippen LogP contribution is -2.15. The first-order valence-electron chi connectivity index (χ1n) is 9.18. The Bertz CT molecular complexity index is 1060. The molecule has 3 aromatic heterocycles. The van der Waals surface area contributed by atoms with Crippen LogP contribution in [0.5, 0.6) is 5.75 Å². The summed E-state index contributed by atoms with van der Waals surface area (Å²) < 4.78 is 12.5. The number of carbonyl (C=O) groups is 1. The van der Waals surface area contributed by atoms with Crippen molar-refractivity contribution in [3.63, 3.8) is 0 Å². The monoisotopic (exact) mass is 545 g/mol. The third kappa shape index (κ3) is 5.01. The zero-order valence-corrected chi connectivity index (χ0v) is 19.6. The molecule has 0 aliphatic carbocycles. The fourth-order valence-electron chi connectivity index (χ4n) is 2.78. The fraction of sp³-hybridized carbons (Fsp3) is 0.389. The summed E-state index contributed by atoms with van der Waals surface area (Å²) in [5.41, 5.74) is 2.12. The molecule has 160 valence electrons. The van der Waals surface area contributed by atoms with E-state index in [0.717, 1.165) is 18.4 Å². The number of nitrogens with zero attached hydrogens (tertiary/aromatic N) is 5. The average Bonchev–Trinajstić information content (AvgIpc) is 3.04. The first-order chi connectivity index (χ1) is 14.5. The molecule has 3 heterocycles. The number of aromatic nitrogens is 5. The smallest absolute Gasteiger partial charge is 0.413 e. The van der Waals surface area contributed by atoms with Gasteiger partial charge in [-0.3, -0.25) is 10.00 Å². The Morgan fingerprint density at radius 2 is 2.13 bits per heavy atom. The molecule has 3 rings (SSSR count). The molecule has 10 nitrogen and oxygen atoms in total. The molecule has 0 atom stereocenters. The molecule has 0 aliphatic rings. The van der Waals surface area contributed by atoms with Gasteiger partial charge in [0.05, 0.1) is 20.8 Å². The van der Waals surface area contributed by atoms with E-state index in [9.17, 15) is 4.79 Å². The van der Waals surface area contributed by atoms with Crippen LogP contribution in [-0.2, 0) is 11.3 Å². The van der Waals surface area contributed by atoms with Crippen molar-refractivity contribution in [3.05, 3.63) is 26.7 Å². The Balaban J connectivity index is 2.07. The lowest BCUT2D eigenvalue weighted by Gasteiger charge is -2.12. The summed E-state index contributed by atoms with van der Waals surface area (Å²) >= 11 is 8.08. The minimum Gasteiger partial charge on any atom is -0.496 e. The van der Waals surface area contributed by atoms with Gasteiger partial charge in [0, 0.05) is 24.4 Å². The van der Waals surface area contributed by atoms with Crippen LogP contribution in [0.4, 0.5) is 16.6 Å². The molecule has 0 aromatic carbocycles. The third-order valence-electron chi connectivity index (χ3n) is 4.22. The van der Waals surface area contributed by atoms with Crippen LogP contribution in [0.25, 0.3) is 11.0 Å². The molecule has 0 saturated heterocycles. The van der Waals surface area contributed by atoms with E-state index in [1.165, 1.54) is 7.11 Å². The number of amides is 1. The number of hydrogen-bond donors (Lipinski definition) is 2. The van der Waals surface area contributed by atoms with Crippen LogP contribution in [-0.4, -0.2) is 51.6 Å². The van der Waals surface area contributed by atoms with Gasteiger partial charge in [0.1, 0.15) is 25.6 Å². The Hall–Kier alpha value is -2.41. The number of unbranched alkanes of at least 4 members (excludes halogenated alkanes) is 1. The fourth-order valence-corrected chi connectivity index (χ4v) is 3.56. The van der Waals surface area contributed by atoms with E-state index in [-0.39, 0.29) is 5.95 Å². The molecule has 0 bridgehead atoms. The molecular weight excluding hydrogens is 525 g/mol. The Kier molecular flexibility index (Phi) is 7.48. The van der Waals surface area contributed by atoms with Crippen LogP contribution in [0.15, 0.2) is 12.3 Å². The minimum absolute atomic E-state index is 0.136. The second kappa shape index (κ2) is 10.1. The number of pyridine rings is 1. The lowest BCUT2D eigenvalue weighted by molar-refractivity contribution is 0.186. The van der Waals surface area contributed by atoms with Crippen LogP contribution < -0.4 is 15.4 Å². The normalized spacial score (nSPS) is 10.8. The highest BCUT2D eigenvalue weighted by atomic mass is 127. The Morgan fingerprint density at radius 3 is 2.83 bits per heavy atom. The van der Waals surface area contributed by atoms with Crippen molar-refractivity contribution in [1.29, 1.82) is 0 Å². The zero-order chi connectivity index (χ0) is 21.7. The van der Waals surface area contributed by atoms with Gasteiger partial charge in [0.15, 0.2) is 5.82 Å². The van der Waals surface area contributed by atoms with E-state index < -0.39 is 6.09 Å². The average molecular weight is 546 g/mol. The maximum absolute atomic E-state index is 11.6. The van der Waals surface area contributed by atoms with Gasteiger partial charge < -0.3 is 14.8 Å². The van der Waals surface area contributed by atoms with Gasteiger partial charge in [-0.15, -0.1) is 0 Å². The molecule has 0 saturated carbocycles. The molecule has 1 amide bonds. The summed E-state index contributed by atoms with van der Waals surface area (Å²) in [6.07, 6.45) is 3.00. The molecule has 0 radical (unpaired) electrons. The highest BCUT2D eigenvalue weighted by Crippen LogP contribution is 2.29. The maximum atomic E-state index is 11.6. The number of nitrogens with one attached hydrogen (secondary N) is 2. The summed E-state index contributed by atoms with van der Waals surface area (Å²) in [6, 6.07) is 1.66. The quantitative estimate of drug-likeness (QED) is 0.249. The molecule has 3 aromatic rings. The van der Waals surface area contributed by atoms with Crippen molar-refractivity contribution >= 4 is 63.1 Å². The molecular formula is C18H21ClIN7O3. The highest BCUT2D eigenvalue weighted by molar-refractivity contribution is 14.1. The van der Waals surface area contributed by atoms with Crippen molar-refractivity contribution in [2.45, 2.75) is 26.3 Å². The predicted molar refractivity (Wildman–Crippen MR) is 122 cm³/mol.